The van der Waals surface area contributed by atoms with Gasteiger partial charge in [0.1, 0.15) is 6.33 Å². The van der Waals surface area contributed by atoms with Crippen LogP contribution < -0.4 is 10.2 Å². The number of rotatable bonds is 8. The maximum atomic E-state index is 12.1. The molecule has 1 aromatic heterocycles. The number of para-hydroxylation sites is 1. The summed E-state index contributed by atoms with van der Waals surface area (Å²) in [5.74, 6) is 0.429. The highest BCUT2D eigenvalue weighted by atomic mass is 16.6. The molecule has 4 rings (SSSR count). The highest BCUT2D eigenvalue weighted by Crippen LogP contribution is 2.35. The van der Waals surface area contributed by atoms with Gasteiger partial charge in [-0.05, 0) is 23.3 Å². The zero-order valence-electron chi connectivity index (χ0n) is 16.8. The SMILES string of the molecule is O=[N+]([O-])c1c(Nc2ccccc2)ncnc1N(Cc1ccccc1)Cc1ccccc1. The molecule has 0 saturated carbocycles. The summed E-state index contributed by atoms with van der Waals surface area (Å²) in [6.07, 6.45) is 1.36. The molecule has 0 aliphatic heterocycles. The number of nitrogens with one attached hydrogen (secondary N) is 1. The molecule has 1 N–H and O–H groups in total. The predicted octanol–water partition coefficient (Wildman–Crippen LogP) is 5.34. The van der Waals surface area contributed by atoms with Gasteiger partial charge in [0.2, 0.25) is 11.6 Å². The smallest absolute Gasteiger partial charge is 0.342 e. The van der Waals surface area contributed by atoms with Crippen molar-refractivity contribution in [1.82, 2.24) is 9.97 Å². The topological polar surface area (TPSA) is 84.2 Å². The van der Waals surface area contributed by atoms with E-state index in [9.17, 15) is 10.1 Å². The van der Waals surface area contributed by atoms with E-state index in [4.69, 9.17) is 0 Å². The molecular formula is C24H21N5O2. The molecule has 0 radical (unpaired) electrons. The van der Waals surface area contributed by atoms with Crippen LogP contribution in [0.1, 0.15) is 11.1 Å². The van der Waals surface area contributed by atoms with E-state index in [0.717, 1.165) is 11.1 Å². The summed E-state index contributed by atoms with van der Waals surface area (Å²) in [5.41, 5.74) is 2.62. The monoisotopic (exact) mass is 411 g/mol. The summed E-state index contributed by atoms with van der Waals surface area (Å²) in [7, 11) is 0. The molecule has 0 bridgehead atoms. The fraction of sp³-hybridized carbons (Fsp3) is 0.0833. The third-order valence-electron chi connectivity index (χ3n) is 4.75. The van der Waals surface area contributed by atoms with Crippen LogP contribution in [0.25, 0.3) is 0 Å². The Labute approximate surface area is 180 Å². The number of anilines is 3. The highest BCUT2D eigenvalue weighted by Gasteiger charge is 2.27. The molecule has 3 aromatic carbocycles. The first kappa shape index (κ1) is 20.0. The van der Waals surface area contributed by atoms with Crippen molar-refractivity contribution in [3.63, 3.8) is 0 Å². The van der Waals surface area contributed by atoms with E-state index >= 15 is 0 Å². The number of aromatic nitrogens is 2. The molecule has 31 heavy (non-hydrogen) atoms. The fourth-order valence-corrected chi connectivity index (χ4v) is 3.33. The quantitative estimate of drug-likeness (QED) is 0.311. The van der Waals surface area contributed by atoms with Crippen LogP contribution in [0.3, 0.4) is 0 Å². The van der Waals surface area contributed by atoms with Gasteiger partial charge in [-0.1, -0.05) is 78.9 Å². The van der Waals surface area contributed by atoms with Gasteiger partial charge in [0, 0.05) is 18.8 Å². The lowest BCUT2D eigenvalue weighted by Gasteiger charge is -2.24. The van der Waals surface area contributed by atoms with Gasteiger partial charge in [0.25, 0.3) is 0 Å². The van der Waals surface area contributed by atoms with Gasteiger partial charge < -0.3 is 10.2 Å². The Morgan fingerprint density at radius 3 is 1.81 bits per heavy atom. The van der Waals surface area contributed by atoms with Crippen LogP contribution in [0.2, 0.25) is 0 Å². The first-order valence-corrected chi connectivity index (χ1v) is 9.85. The van der Waals surface area contributed by atoms with Gasteiger partial charge in [0.15, 0.2) is 0 Å². The van der Waals surface area contributed by atoms with Gasteiger partial charge in [-0.3, -0.25) is 10.1 Å². The number of benzene rings is 3. The van der Waals surface area contributed by atoms with Crippen molar-refractivity contribution in [2.24, 2.45) is 0 Å². The lowest BCUT2D eigenvalue weighted by Crippen LogP contribution is -2.24. The largest absolute Gasteiger partial charge is 0.353 e. The van der Waals surface area contributed by atoms with Gasteiger partial charge in [0.05, 0.1) is 4.92 Å². The van der Waals surface area contributed by atoms with E-state index in [0.29, 0.717) is 18.8 Å². The summed E-state index contributed by atoms with van der Waals surface area (Å²) in [6, 6.07) is 28.9. The average Bonchev–Trinajstić information content (AvgIpc) is 2.80. The standard InChI is InChI=1S/C24H21N5O2/c30-29(31)22-23(27-21-14-8-3-9-15-21)25-18-26-24(22)28(16-19-10-4-1-5-11-19)17-20-12-6-2-7-13-20/h1-15,18H,16-17H2,(H,25,26,27). The van der Waals surface area contributed by atoms with Crippen molar-refractivity contribution in [3.8, 4) is 0 Å². The number of hydrogen-bond donors (Lipinski definition) is 1. The first-order chi connectivity index (χ1) is 15.2. The molecule has 7 nitrogen and oxygen atoms in total. The van der Waals surface area contributed by atoms with Crippen LogP contribution in [0, 0.1) is 10.1 Å². The van der Waals surface area contributed by atoms with Crippen molar-refractivity contribution in [2.75, 3.05) is 10.2 Å². The fourth-order valence-electron chi connectivity index (χ4n) is 3.33. The average molecular weight is 411 g/mol. The third kappa shape index (κ3) is 5.02. The van der Waals surface area contributed by atoms with Crippen molar-refractivity contribution in [2.45, 2.75) is 13.1 Å². The Balaban J connectivity index is 1.75. The number of nitrogens with zero attached hydrogens (tertiary/aromatic N) is 4. The Morgan fingerprint density at radius 2 is 1.29 bits per heavy atom. The molecule has 0 fully saturated rings. The van der Waals surface area contributed by atoms with Crippen LogP contribution >= 0.6 is 0 Å². The number of nitro groups is 1. The second-order valence-electron chi connectivity index (χ2n) is 6.97. The predicted molar refractivity (Wildman–Crippen MR) is 121 cm³/mol. The number of hydrogen-bond acceptors (Lipinski definition) is 6. The molecule has 7 heteroatoms. The molecular weight excluding hydrogens is 390 g/mol. The van der Waals surface area contributed by atoms with Crippen LogP contribution in [0.4, 0.5) is 23.0 Å². The molecule has 4 aromatic rings. The van der Waals surface area contributed by atoms with Gasteiger partial charge in [-0.2, -0.15) is 0 Å². The minimum absolute atomic E-state index is 0.154. The maximum Gasteiger partial charge on any atom is 0.353 e. The van der Waals surface area contributed by atoms with Gasteiger partial charge in [-0.15, -0.1) is 0 Å². The normalized spacial score (nSPS) is 10.5. The Hall–Kier alpha value is -4.26. The lowest BCUT2D eigenvalue weighted by atomic mass is 10.1. The molecule has 0 spiro atoms. The second-order valence-corrected chi connectivity index (χ2v) is 6.97. The molecule has 0 aliphatic carbocycles. The van der Waals surface area contributed by atoms with Crippen LogP contribution in [0.5, 0.6) is 0 Å². The Morgan fingerprint density at radius 1 is 0.774 bits per heavy atom. The van der Waals surface area contributed by atoms with Crippen molar-refractivity contribution in [3.05, 3.63) is 119 Å². The molecule has 0 amide bonds. The zero-order chi connectivity index (χ0) is 21.5. The minimum atomic E-state index is -0.427. The van der Waals surface area contributed by atoms with E-state index in [1.54, 1.807) is 0 Å². The van der Waals surface area contributed by atoms with E-state index in [2.05, 4.69) is 15.3 Å². The summed E-state index contributed by atoms with van der Waals surface area (Å²) >= 11 is 0. The molecule has 0 aliphatic rings. The third-order valence-corrected chi connectivity index (χ3v) is 4.75. The van der Waals surface area contributed by atoms with Crippen LogP contribution in [-0.2, 0) is 13.1 Å². The van der Waals surface area contributed by atoms with Crippen molar-refractivity contribution < 1.29 is 4.92 Å². The summed E-state index contributed by atoms with van der Waals surface area (Å²) in [4.78, 5) is 22.1. The van der Waals surface area contributed by atoms with E-state index in [1.807, 2.05) is 95.9 Å². The molecule has 1 heterocycles. The van der Waals surface area contributed by atoms with E-state index in [1.165, 1.54) is 6.33 Å². The Bertz CT molecular complexity index is 1100. The summed E-state index contributed by atoms with van der Waals surface area (Å²) < 4.78 is 0. The van der Waals surface area contributed by atoms with Crippen LogP contribution in [0.15, 0.2) is 97.3 Å². The molecule has 154 valence electrons. The summed E-state index contributed by atoms with van der Waals surface area (Å²) in [6.45, 7) is 0.941. The first-order valence-electron chi connectivity index (χ1n) is 9.85. The summed E-state index contributed by atoms with van der Waals surface area (Å²) in [5, 5.41) is 15.2. The zero-order valence-corrected chi connectivity index (χ0v) is 16.8. The molecule has 0 saturated heterocycles. The second kappa shape index (κ2) is 9.49. The Kier molecular flexibility index (Phi) is 6.13. The van der Waals surface area contributed by atoms with Crippen LogP contribution in [-0.4, -0.2) is 14.9 Å². The van der Waals surface area contributed by atoms with Crippen molar-refractivity contribution >= 4 is 23.0 Å². The molecule has 0 unspecified atom stereocenters. The molecule has 0 atom stereocenters. The van der Waals surface area contributed by atoms with E-state index < -0.39 is 4.92 Å². The van der Waals surface area contributed by atoms with Gasteiger partial charge >= 0.3 is 5.69 Å². The highest BCUT2D eigenvalue weighted by molar-refractivity contribution is 5.74. The van der Waals surface area contributed by atoms with E-state index in [-0.39, 0.29) is 17.3 Å². The lowest BCUT2D eigenvalue weighted by molar-refractivity contribution is -0.383. The van der Waals surface area contributed by atoms with Gasteiger partial charge in [-0.25, -0.2) is 9.97 Å². The minimum Gasteiger partial charge on any atom is -0.342 e. The maximum absolute atomic E-state index is 12.1. The van der Waals surface area contributed by atoms with Crippen molar-refractivity contribution in [1.29, 1.82) is 0 Å².